The molecule has 20 heavy (non-hydrogen) atoms. The Balaban J connectivity index is 1.95. The maximum absolute atomic E-state index is 5.99. The molecule has 0 unspecified atom stereocenters. The second kappa shape index (κ2) is 7.01. The smallest absolute Gasteiger partial charge is 0.0612 e. The summed E-state index contributed by atoms with van der Waals surface area (Å²) < 4.78 is 0. The minimum Gasteiger partial charge on any atom is -0.381 e. The molecule has 0 heterocycles. The highest BCUT2D eigenvalue weighted by Gasteiger charge is 2.01. The number of halogens is 2. The standard InChI is InChI=1S/C17H19Cl2N/c1-12(2)9-13-3-5-14(6-4-13)11-20-15-7-8-16(18)17(19)10-15/h3-8,10,12,20H,9,11H2,1-2H3. The first-order valence-corrected chi connectivity index (χ1v) is 7.57. The van der Waals surface area contributed by atoms with Gasteiger partial charge in [0.15, 0.2) is 0 Å². The molecule has 0 atom stereocenters. The van der Waals surface area contributed by atoms with Gasteiger partial charge in [0, 0.05) is 12.2 Å². The van der Waals surface area contributed by atoms with Crippen LogP contribution in [0.1, 0.15) is 25.0 Å². The maximum atomic E-state index is 5.99. The number of anilines is 1. The molecule has 2 aromatic carbocycles. The van der Waals surface area contributed by atoms with Gasteiger partial charge in [0.25, 0.3) is 0 Å². The van der Waals surface area contributed by atoms with Crippen molar-refractivity contribution in [2.45, 2.75) is 26.8 Å². The molecule has 3 heteroatoms. The van der Waals surface area contributed by atoms with Crippen LogP contribution in [0.4, 0.5) is 5.69 Å². The minimum atomic E-state index is 0.573. The zero-order chi connectivity index (χ0) is 14.5. The van der Waals surface area contributed by atoms with Crippen molar-refractivity contribution < 1.29 is 0 Å². The lowest BCUT2D eigenvalue weighted by Crippen LogP contribution is -2.00. The van der Waals surface area contributed by atoms with E-state index in [9.17, 15) is 0 Å². The van der Waals surface area contributed by atoms with Crippen LogP contribution in [-0.4, -0.2) is 0 Å². The zero-order valence-electron chi connectivity index (χ0n) is 11.8. The van der Waals surface area contributed by atoms with Gasteiger partial charge in [-0.15, -0.1) is 0 Å². The summed E-state index contributed by atoms with van der Waals surface area (Å²) in [6.07, 6.45) is 1.13. The van der Waals surface area contributed by atoms with E-state index in [1.165, 1.54) is 11.1 Å². The summed E-state index contributed by atoms with van der Waals surface area (Å²) >= 11 is 11.9. The minimum absolute atomic E-state index is 0.573. The Hall–Kier alpha value is -1.18. The average Bonchev–Trinajstić information content (AvgIpc) is 2.41. The Morgan fingerprint density at radius 1 is 0.900 bits per heavy atom. The molecular weight excluding hydrogens is 289 g/mol. The number of nitrogens with one attached hydrogen (secondary N) is 1. The normalized spacial score (nSPS) is 10.8. The van der Waals surface area contributed by atoms with E-state index < -0.39 is 0 Å². The molecule has 106 valence electrons. The monoisotopic (exact) mass is 307 g/mol. The van der Waals surface area contributed by atoms with Crippen LogP contribution >= 0.6 is 23.2 Å². The quantitative estimate of drug-likeness (QED) is 0.735. The zero-order valence-corrected chi connectivity index (χ0v) is 13.3. The van der Waals surface area contributed by atoms with Gasteiger partial charge in [-0.2, -0.15) is 0 Å². The van der Waals surface area contributed by atoms with Crippen LogP contribution in [0, 0.1) is 5.92 Å². The van der Waals surface area contributed by atoms with Gasteiger partial charge >= 0.3 is 0 Å². The third kappa shape index (κ3) is 4.43. The van der Waals surface area contributed by atoms with Gasteiger partial charge in [-0.1, -0.05) is 61.3 Å². The van der Waals surface area contributed by atoms with Crippen molar-refractivity contribution in [3.63, 3.8) is 0 Å². The van der Waals surface area contributed by atoms with Gasteiger partial charge in [0.05, 0.1) is 10.0 Å². The van der Waals surface area contributed by atoms with E-state index in [0.717, 1.165) is 18.7 Å². The van der Waals surface area contributed by atoms with Crippen LogP contribution in [0.2, 0.25) is 10.0 Å². The second-order valence-corrected chi connectivity index (χ2v) is 6.21. The average molecular weight is 308 g/mol. The van der Waals surface area contributed by atoms with Gasteiger partial charge in [-0.3, -0.25) is 0 Å². The first-order chi connectivity index (χ1) is 9.54. The number of benzene rings is 2. The number of hydrogen-bond donors (Lipinski definition) is 1. The highest BCUT2D eigenvalue weighted by atomic mass is 35.5. The Morgan fingerprint density at radius 3 is 2.15 bits per heavy atom. The van der Waals surface area contributed by atoms with E-state index in [4.69, 9.17) is 23.2 Å². The lowest BCUT2D eigenvalue weighted by molar-refractivity contribution is 0.647. The van der Waals surface area contributed by atoms with E-state index in [0.29, 0.717) is 16.0 Å². The molecule has 1 N–H and O–H groups in total. The third-order valence-corrected chi connectivity index (χ3v) is 3.82. The highest BCUT2D eigenvalue weighted by molar-refractivity contribution is 6.42. The van der Waals surface area contributed by atoms with Gasteiger partial charge in [0.2, 0.25) is 0 Å². The van der Waals surface area contributed by atoms with Crippen molar-refractivity contribution in [1.29, 1.82) is 0 Å². The molecule has 0 saturated heterocycles. The van der Waals surface area contributed by atoms with Gasteiger partial charge in [0.1, 0.15) is 0 Å². The molecular formula is C17H19Cl2N. The molecule has 0 radical (unpaired) electrons. The lowest BCUT2D eigenvalue weighted by atomic mass is 10.0. The summed E-state index contributed by atoms with van der Waals surface area (Å²) in [7, 11) is 0. The van der Waals surface area contributed by atoms with Crippen LogP contribution in [0.3, 0.4) is 0 Å². The molecule has 0 saturated carbocycles. The maximum Gasteiger partial charge on any atom is 0.0612 e. The molecule has 2 rings (SSSR count). The van der Waals surface area contributed by atoms with Crippen molar-refractivity contribution >= 4 is 28.9 Å². The molecule has 0 fully saturated rings. The Morgan fingerprint density at radius 2 is 1.55 bits per heavy atom. The summed E-state index contributed by atoms with van der Waals surface area (Å²) in [4.78, 5) is 0. The molecule has 0 aliphatic carbocycles. The summed E-state index contributed by atoms with van der Waals surface area (Å²) in [5, 5.41) is 4.50. The summed E-state index contributed by atoms with van der Waals surface area (Å²) in [6.45, 7) is 5.25. The van der Waals surface area contributed by atoms with E-state index in [1.807, 2.05) is 12.1 Å². The third-order valence-electron chi connectivity index (χ3n) is 3.08. The molecule has 2 aromatic rings. The topological polar surface area (TPSA) is 12.0 Å². The molecule has 0 spiro atoms. The molecule has 0 aliphatic rings. The van der Waals surface area contributed by atoms with Crippen molar-refractivity contribution in [2.24, 2.45) is 5.92 Å². The van der Waals surface area contributed by atoms with Crippen molar-refractivity contribution in [3.05, 3.63) is 63.6 Å². The fourth-order valence-electron chi connectivity index (χ4n) is 2.07. The van der Waals surface area contributed by atoms with E-state index >= 15 is 0 Å². The predicted octanol–water partition coefficient (Wildman–Crippen LogP) is 5.80. The summed E-state index contributed by atoms with van der Waals surface area (Å²) in [5.74, 6) is 0.690. The largest absolute Gasteiger partial charge is 0.381 e. The lowest BCUT2D eigenvalue weighted by Gasteiger charge is -2.09. The molecule has 0 amide bonds. The van der Waals surface area contributed by atoms with Gasteiger partial charge in [-0.05, 0) is 41.7 Å². The van der Waals surface area contributed by atoms with E-state index in [2.05, 4.69) is 43.4 Å². The van der Waals surface area contributed by atoms with Gasteiger partial charge < -0.3 is 5.32 Å². The van der Waals surface area contributed by atoms with Crippen LogP contribution < -0.4 is 5.32 Å². The summed E-state index contributed by atoms with van der Waals surface area (Å²) in [5.41, 5.74) is 3.62. The predicted molar refractivity (Wildman–Crippen MR) is 88.8 cm³/mol. The van der Waals surface area contributed by atoms with Crippen LogP contribution in [0.15, 0.2) is 42.5 Å². The molecule has 0 aromatic heterocycles. The Bertz CT molecular complexity index is 562. The fourth-order valence-corrected chi connectivity index (χ4v) is 2.37. The summed E-state index contributed by atoms with van der Waals surface area (Å²) in [6, 6.07) is 14.3. The van der Waals surface area contributed by atoms with Crippen molar-refractivity contribution in [2.75, 3.05) is 5.32 Å². The first kappa shape index (κ1) is 15.2. The number of rotatable bonds is 5. The highest BCUT2D eigenvalue weighted by Crippen LogP contribution is 2.25. The Kier molecular flexibility index (Phi) is 5.33. The van der Waals surface area contributed by atoms with E-state index in [-0.39, 0.29) is 0 Å². The molecule has 0 aliphatic heterocycles. The van der Waals surface area contributed by atoms with E-state index in [1.54, 1.807) is 6.07 Å². The molecule has 1 nitrogen and oxygen atoms in total. The SMILES string of the molecule is CC(C)Cc1ccc(CNc2ccc(Cl)c(Cl)c2)cc1. The van der Waals surface area contributed by atoms with Crippen LogP contribution in [0.5, 0.6) is 0 Å². The number of hydrogen-bond acceptors (Lipinski definition) is 1. The molecule has 0 bridgehead atoms. The van der Waals surface area contributed by atoms with Crippen LogP contribution in [-0.2, 0) is 13.0 Å². The van der Waals surface area contributed by atoms with Gasteiger partial charge in [-0.25, -0.2) is 0 Å². The van der Waals surface area contributed by atoms with Crippen molar-refractivity contribution in [1.82, 2.24) is 0 Å². The second-order valence-electron chi connectivity index (χ2n) is 5.40. The van der Waals surface area contributed by atoms with Crippen molar-refractivity contribution in [3.8, 4) is 0 Å². The first-order valence-electron chi connectivity index (χ1n) is 6.81. The fraction of sp³-hybridized carbons (Fsp3) is 0.294. The van der Waals surface area contributed by atoms with Crippen LogP contribution in [0.25, 0.3) is 0 Å². The Labute approximate surface area is 130 Å².